The number of hydrogen-bond donors (Lipinski definition) is 1. The van der Waals surface area contributed by atoms with Crippen molar-refractivity contribution in [1.29, 1.82) is 0 Å². The number of hydrogen-bond acceptors (Lipinski definition) is 4. The Morgan fingerprint density at radius 3 is 2.44 bits per heavy atom. The van der Waals surface area contributed by atoms with E-state index < -0.39 is 16.9 Å². The van der Waals surface area contributed by atoms with Gasteiger partial charge in [0.25, 0.3) is 0 Å². The molecule has 1 aromatic carbocycles. The molecule has 0 fully saturated rings. The van der Waals surface area contributed by atoms with Crippen LogP contribution in [0.5, 0.6) is 0 Å². The number of unbranched alkanes of at least 4 members (excludes halogenated alkanes) is 5. The number of pyridine rings is 1. The zero-order valence-electron chi connectivity index (χ0n) is 17.4. The van der Waals surface area contributed by atoms with Gasteiger partial charge in [-0.15, -0.1) is 11.6 Å². The van der Waals surface area contributed by atoms with E-state index in [0.29, 0.717) is 24.3 Å². The van der Waals surface area contributed by atoms with Crippen LogP contribution >= 0.6 is 22.9 Å². The lowest BCUT2D eigenvalue weighted by molar-refractivity contribution is -0.138. The maximum atomic E-state index is 14.3. The normalized spacial score (nSPS) is 11.7. The van der Waals surface area contributed by atoms with E-state index in [1.165, 1.54) is 12.3 Å². The van der Waals surface area contributed by atoms with Gasteiger partial charge in [-0.05, 0) is 49.1 Å². The predicted octanol–water partition coefficient (Wildman–Crippen LogP) is 8.23. The van der Waals surface area contributed by atoms with Gasteiger partial charge in [0.2, 0.25) is 5.13 Å². The summed E-state index contributed by atoms with van der Waals surface area (Å²) in [4.78, 5) is 8.12. The third-order valence-electron chi connectivity index (χ3n) is 5.02. The molecule has 0 saturated carbocycles. The zero-order valence-corrected chi connectivity index (χ0v) is 19.0. The number of nitrogens with zero attached hydrogens (tertiary/aromatic N) is 2. The highest BCUT2D eigenvalue weighted by Crippen LogP contribution is 2.36. The molecule has 1 N–H and O–H groups in total. The van der Waals surface area contributed by atoms with Crippen LogP contribution in [-0.2, 0) is 12.6 Å². The van der Waals surface area contributed by atoms with Crippen molar-refractivity contribution in [3.8, 4) is 11.3 Å². The summed E-state index contributed by atoms with van der Waals surface area (Å²) in [7, 11) is 0. The second kappa shape index (κ2) is 11.6. The molecular formula is C23H24ClF4N3S. The molecule has 0 aliphatic rings. The number of thiazole rings is 1. The minimum absolute atomic E-state index is 0.115. The van der Waals surface area contributed by atoms with E-state index >= 15 is 0 Å². The van der Waals surface area contributed by atoms with Crippen LogP contribution < -0.4 is 5.32 Å². The summed E-state index contributed by atoms with van der Waals surface area (Å²) in [6, 6.07) is 7.47. The fourth-order valence-corrected chi connectivity index (χ4v) is 4.34. The van der Waals surface area contributed by atoms with Crippen LogP contribution in [0.15, 0.2) is 42.7 Å². The summed E-state index contributed by atoms with van der Waals surface area (Å²) in [5.74, 6) is 0.647. The first-order chi connectivity index (χ1) is 15.4. The molecule has 0 spiro atoms. The van der Waals surface area contributed by atoms with E-state index in [2.05, 4.69) is 15.3 Å². The number of halogens is 5. The summed E-state index contributed by atoms with van der Waals surface area (Å²) < 4.78 is 55.3. The summed E-state index contributed by atoms with van der Waals surface area (Å²) in [6.45, 7) is 0. The number of nitrogens with one attached hydrogen (secondary N) is 1. The van der Waals surface area contributed by atoms with E-state index in [-0.39, 0.29) is 22.1 Å². The minimum Gasteiger partial charge on any atom is -0.331 e. The van der Waals surface area contributed by atoms with Crippen LogP contribution in [-0.4, -0.2) is 15.8 Å². The van der Waals surface area contributed by atoms with E-state index in [4.69, 9.17) is 11.6 Å². The number of alkyl halides is 4. The Labute approximate surface area is 193 Å². The average molecular weight is 486 g/mol. The molecule has 9 heteroatoms. The Hall–Kier alpha value is -2.19. The van der Waals surface area contributed by atoms with Gasteiger partial charge in [-0.1, -0.05) is 43.1 Å². The lowest BCUT2D eigenvalue weighted by Gasteiger charge is -2.15. The standard InChI is InChI=1S/C23H24ClF4N3S/c24-12-6-4-2-1-3-5-8-16-10-11-18(14-19(16)23(26,27)28)30-22-31-20(21(25)32-22)17-9-7-13-29-15-17/h7,9-11,13-15H,1-6,8,12H2,(H,30,31). The number of rotatable bonds is 11. The summed E-state index contributed by atoms with van der Waals surface area (Å²) in [5, 5.41) is 2.46. The number of aromatic nitrogens is 2. The molecule has 0 saturated heterocycles. The largest absolute Gasteiger partial charge is 0.416 e. The van der Waals surface area contributed by atoms with Crippen molar-refractivity contribution in [2.24, 2.45) is 0 Å². The first kappa shape index (κ1) is 24.5. The molecule has 3 rings (SSSR count). The average Bonchev–Trinajstić information content (AvgIpc) is 3.13. The molecule has 0 unspecified atom stereocenters. The van der Waals surface area contributed by atoms with Crippen LogP contribution in [0.1, 0.15) is 49.7 Å². The minimum atomic E-state index is -4.47. The molecule has 3 nitrogen and oxygen atoms in total. The van der Waals surface area contributed by atoms with Crippen LogP contribution in [0.2, 0.25) is 0 Å². The molecule has 172 valence electrons. The number of aryl methyl sites for hydroxylation is 1. The molecule has 2 aromatic heterocycles. The summed E-state index contributed by atoms with van der Waals surface area (Å²) >= 11 is 6.39. The first-order valence-corrected chi connectivity index (χ1v) is 11.8. The molecule has 2 heterocycles. The second-order valence-corrected chi connectivity index (χ2v) is 8.77. The highest BCUT2D eigenvalue weighted by Gasteiger charge is 2.33. The van der Waals surface area contributed by atoms with Crippen molar-refractivity contribution in [2.75, 3.05) is 11.2 Å². The predicted molar refractivity (Wildman–Crippen MR) is 122 cm³/mol. The molecule has 0 radical (unpaired) electrons. The zero-order chi connectivity index (χ0) is 23.0. The van der Waals surface area contributed by atoms with Gasteiger partial charge in [0.05, 0.1) is 5.56 Å². The van der Waals surface area contributed by atoms with E-state index in [1.807, 2.05) is 0 Å². The smallest absolute Gasteiger partial charge is 0.331 e. The van der Waals surface area contributed by atoms with Gasteiger partial charge in [-0.2, -0.15) is 17.6 Å². The lowest BCUT2D eigenvalue weighted by Crippen LogP contribution is -2.10. The summed E-state index contributed by atoms with van der Waals surface area (Å²) in [6.07, 6.45) is 4.59. The van der Waals surface area contributed by atoms with Crippen molar-refractivity contribution >= 4 is 33.8 Å². The fraction of sp³-hybridized carbons (Fsp3) is 0.391. The monoisotopic (exact) mass is 485 g/mol. The van der Waals surface area contributed by atoms with E-state index in [1.54, 1.807) is 24.4 Å². The van der Waals surface area contributed by atoms with Gasteiger partial charge < -0.3 is 5.32 Å². The molecular weight excluding hydrogens is 462 g/mol. The third kappa shape index (κ3) is 6.90. The van der Waals surface area contributed by atoms with Gasteiger partial charge in [-0.3, -0.25) is 4.98 Å². The second-order valence-electron chi connectivity index (χ2n) is 7.44. The van der Waals surface area contributed by atoms with Gasteiger partial charge in [-0.25, -0.2) is 4.98 Å². The van der Waals surface area contributed by atoms with Crippen LogP contribution in [0.25, 0.3) is 11.3 Å². The van der Waals surface area contributed by atoms with Crippen molar-refractivity contribution in [1.82, 2.24) is 9.97 Å². The van der Waals surface area contributed by atoms with E-state index in [9.17, 15) is 17.6 Å². The lowest BCUT2D eigenvalue weighted by atomic mass is 9.99. The Morgan fingerprint density at radius 1 is 1.00 bits per heavy atom. The van der Waals surface area contributed by atoms with Gasteiger partial charge in [0, 0.05) is 29.5 Å². The quantitative estimate of drug-likeness (QED) is 0.169. The first-order valence-electron chi connectivity index (χ1n) is 10.5. The van der Waals surface area contributed by atoms with Crippen LogP contribution in [0.4, 0.5) is 28.4 Å². The van der Waals surface area contributed by atoms with Crippen LogP contribution in [0.3, 0.4) is 0 Å². The van der Waals surface area contributed by atoms with Crippen molar-refractivity contribution in [3.05, 3.63) is 59.0 Å². The third-order valence-corrected chi connectivity index (χ3v) is 6.04. The number of benzene rings is 1. The topological polar surface area (TPSA) is 37.8 Å². The molecule has 0 aliphatic carbocycles. The van der Waals surface area contributed by atoms with Gasteiger partial charge >= 0.3 is 6.18 Å². The fourth-order valence-electron chi connectivity index (χ4n) is 3.41. The van der Waals surface area contributed by atoms with Crippen LogP contribution in [0, 0.1) is 5.13 Å². The van der Waals surface area contributed by atoms with Crippen molar-refractivity contribution in [2.45, 2.75) is 51.1 Å². The Kier molecular flexibility index (Phi) is 8.87. The Balaban J connectivity index is 1.68. The molecule has 32 heavy (non-hydrogen) atoms. The highest BCUT2D eigenvalue weighted by molar-refractivity contribution is 7.14. The highest BCUT2D eigenvalue weighted by atomic mass is 35.5. The van der Waals surface area contributed by atoms with Crippen molar-refractivity contribution < 1.29 is 17.6 Å². The molecule has 0 atom stereocenters. The van der Waals surface area contributed by atoms with Gasteiger partial charge in [0.1, 0.15) is 5.69 Å². The molecule has 0 amide bonds. The number of anilines is 2. The molecule has 0 bridgehead atoms. The maximum absolute atomic E-state index is 14.3. The van der Waals surface area contributed by atoms with Crippen molar-refractivity contribution in [3.63, 3.8) is 0 Å². The molecule has 3 aromatic rings. The molecule has 0 aliphatic heterocycles. The maximum Gasteiger partial charge on any atom is 0.416 e. The van der Waals surface area contributed by atoms with Gasteiger partial charge in [0.15, 0.2) is 5.13 Å². The SMILES string of the molecule is Fc1sc(Nc2ccc(CCCCCCCCCl)c(C(F)(F)F)c2)nc1-c1cccnc1. The van der Waals surface area contributed by atoms with E-state index in [0.717, 1.165) is 49.5 Å². The Morgan fingerprint density at radius 2 is 1.75 bits per heavy atom. The summed E-state index contributed by atoms with van der Waals surface area (Å²) in [5.41, 5.74) is 0.431. The Bertz CT molecular complexity index is 993.